The molecule has 0 atom stereocenters. The number of rotatable bonds is 0. The van der Waals surface area contributed by atoms with Crippen LogP contribution in [-0.2, 0) is 21.1 Å². The highest BCUT2D eigenvalue weighted by Crippen LogP contribution is 2.01. The van der Waals surface area contributed by atoms with Gasteiger partial charge in [0.05, 0.1) is 32.3 Å². The van der Waals surface area contributed by atoms with Crippen molar-refractivity contribution < 1.29 is 0 Å². The summed E-state index contributed by atoms with van der Waals surface area (Å²) in [7, 11) is 18.0. The molecule has 15 nitrogen and oxygen atoms in total. The van der Waals surface area contributed by atoms with Crippen molar-refractivity contribution in [2.24, 2.45) is 41.6 Å². The maximum absolute atomic E-state index is 3.97. The Morgan fingerprint density at radius 1 is 0.536 bits per heavy atom. The molecule has 15 heteroatoms. The number of imidazole rings is 1. The maximum Gasteiger partial charge on any atom is 0.0943 e. The summed E-state index contributed by atoms with van der Waals surface area (Å²) < 4.78 is 5.64. The van der Waals surface area contributed by atoms with Gasteiger partial charge in [0.2, 0.25) is 0 Å². The van der Waals surface area contributed by atoms with Crippen molar-refractivity contribution in [3.05, 3.63) is 111 Å². The molecule has 0 saturated carbocycles. The van der Waals surface area contributed by atoms with E-state index < -0.39 is 0 Å². The van der Waals surface area contributed by atoms with Crippen LogP contribution in [0.15, 0.2) is 131 Å². The van der Waals surface area contributed by atoms with E-state index in [1.165, 1.54) is 32.4 Å². The van der Waals surface area contributed by atoms with Crippen LogP contribution in [0.2, 0.25) is 0 Å². The minimum atomic E-state index is 0.872. The molecule has 0 saturated heterocycles. The zero-order valence-electron chi connectivity index (χ0n) is 35.7. The molecular formula is C41H71N15. The van der Waals surface area contributed by atoms with E-state index in [0.29, 0.717) is 0 Å². The van der Waals surface area contributed by atoms with E-state index in [4.69, 9.17) is 0 Å². The molecule has 310 valence electrons. The molecule has 3 aromatic heterocycles. The van der Waals surface area contributed by atoms with Gasteiger partial charge in [0.1, 0.15) is 0 Å². The van der Waals surface area contributed by atoms with Crippen molar-refractivity contribution in [3.8, 4) is 0 Å². The summed E-state index contributed by atoms with van der Waals surface area (Å²) in [6.45, 7) is 7.48. The van der Waals surface area contributed by atoms with Gasteiger partial charge in [-0.2, -0.15) is 15.3 Å². The van der Waals surface area contributed by atoms with E-state index >= 15 is 0 Å². The first-order valence-corrected chi connectivity index (χ1v) is 19.3. The van der Waals surface area contributed by atoms with Crippen LogP contribution in [0.3, 0.4) is 0 Å². The van der Waals surface area contributed by atoms with Gasteiger partial charge in [-0.25, -0.2) is 4.98 Å². The number of likely N-dealkylation sites (N-methyl/N-ethyl adjacent to an activating group) is 2. The number of hydrogen-bond donors (Lipinski definition) is 0. The quantitative estimate of drug-likeness (QED) is 0.281. The standard InChI is InChI=1S/C6H11N.C6H9N.C5H9N.C5H7N.C4H8N2.C4H6N2.C4H8N2.C4H6N2.C3H7N3/c2*1-7-5-3-2-4-6-7;2*1-6-4-2-3-5-6;2*1-6-3-2-5-4-6;2*1-6-4-2-3-5-6;1-6-3-2-4-5-6/h3,5H,2,4,6H2,1H3;3-6H,2H2,1H3;2,4H,3,5H2,1H3;2-5H,1H3;4H,2-3H2,1H3;2-4H,1H3;3H,2,4H2,1H3;2-4H,1H3;2-3H2,1H3. The van der Waals surface area contributed by atoms with Gasteiger partial charge >= 0.3 is 0 Å². The Bertz CT molecular complexity index is 1320. The van der Waals surface area contributed by atoms with E-state index in [2.05, 4.69) is 108 Å². The van der Waals surface area contributed by atoms with E-state index in [1.54, 1.807) is 23.4 Å². The molecule has 0 aliphatic carbocycles. The molecule has 0 spiro atoms. The van der Waals surface area contributed by atoms with Crippen molar-refractivity contribution in [2.75, 3.05) is 88.1 Å². The summed E-state index contributed by atoms with van der Waals surface area (Å²) in [5.41, 5.74) is 0. The summed E-state index contributed by atoms with van der Waals surface area (Å²) >= 11 is 0. The highest BCUT2D eigenvalue weighted by atomic mass is 15.6. The third kappa shape index (κ3) is 30.8. The van der Waals surface area contributed by atoms with Crippen molar-refractivity contribution >= 4 is 12.6 Å². The van der Waals surface area contributed by atoms with Gasteiger partial charge in [-0.1, -0.05) is 29.5 Å². The average Bonchev–Trinajstić information content (AvgIpc) is 4.04. The molecule has 0 radical (unpaired) electrons. The number of nitrogens with zero attached hydrogens (tertiary/aromatic N) is 15. The predicted octanol–water partition coefficient (Wildman–Crippen LogP) is 5.84. The van der Waals surface area contributed by atoms with Gasteiger partial charge < -0.3 is 33.7 Å². The number of hydrazone groups is 1. The fourth-order valence-electron chi connectivity index (χ4n) is 4.43. The van der Waals surface area contributed by atoms with E-state index in [1.807, 2.05) is 129 Å². The van der Waals surface area contributed by atoms with Crippen LogP contribution in [0.25, 0.3) is 0 Å². The zero-order valence-corrected chi connectivity index (χ0v) is 35.7. The first-order chi connectivity index (χ1) is 27.0. The van der Waals surface area contributed by atoms with E-state index in [0.717, 1.165) is 45.6 Å². The Kier molecular flexibility index (Phi) is 28.4. The van der Waals surface area contributed by atoms with Crippen molar-refractivity contribution in [3.63, 3.8) is 0 Å². The minimum Gasteiger partial charge on any atom is -0.381 e. The fourth-order valence-corrected chi connectivity index (χ4v) is 4.43. The second-order valence-corrected chi connectivity index (χ2v) is 13.4. The Labute approximate surface area is 338 Å². The molecule has 0 aromatic carbocycles. The Balaban J connectivity index is 0.000000315. The summed E-state index contributed by atoms with van der Waals surface area (Å²) in [5.74, 6) is 0. The molecule has 6 aliphatic heterocycles. The Morgan fingerprint density at radius 2 is 1.25 bits per heavy atom. The second-order valence-electron chi connectivity index (χ2n) is 13.4. The van der Waals surface area contributed by atoms with Gasteiger partial charge in [0.25, 0.3) is 0 Å². The van der Waals surface area contributed by atoms with Gasteiger partial charge in [-0.3, -0.25) is 14.7 Å². The molecule has 9 rings (SSSR count). The lowest BCUT2D eigenvalue weighted by Gasteiger charge is -2.16. The first-order valence-electron chi connectivity index (χ1n) is 19.3. The normalized spacial score (nSPS) is 16.2. The minimum absolute atomic E-state index is 0.872. The first kappa shape index (κ1) is 48.4. The summed E-state index contributed by atoms with van der Waals surface area (Å²) in [6, 6.07) is 5.89. The van der Waals surface area contributed by atoms with E-state index in [9.17, 15) is 0 Å². The lowest BCUT2D eigenvalue weighted by molar-refractivity contribution is 0.393. The fraction of sp³-hybridized carbons (Fsp3) is 0.512. The summed E-state index contributed by atoms with van der Waals surface area (Å²) in [6.07, 6.45) is 39.9. The number of allylic oxidation sites excluding steroid dienone is 3. The molecule has 56 heavy (non-hydrogen) atoms. The van der Waals surface area contributed by atoms with Crippen molar-refractivity contribution in [1.82, 2.24) is 53.5 Å². The number of aryl methyl sites for hydroxylation is 3. The predicted molar refractivity (Wildman–Crippen MR) is 234 cm³/mol. The third-order valence-corrected chi connectivity index (χ3v) is 7.69. The topological polar surface area (TPSA) is 109 Å². The smallest absolute Gasteiger partial charge is 0.0943 e. The van der Waals surface area contributed by atoms with Crippen LogP contribution >= 0.6 is 0 Å². The molecule has 0 bridgehead atoms. The average molecular weight is 774 g/mol. The molecule has 0 fully saturated rings. The lowest BCUT2D eigenvalue weighted by Crippen LogP contribution is -2.14. The number of aromatic nitrogens is 5. The van der Waals surface area contributed by atoms with Crippen LogP contribution < -0.4 is 0 Å². The molecular weight excluding hydrogens is 703 g/mol. The molecule has 9 heterocycles. The molecule has 0 unspecified atom stereocenters. The molecule has 3 aromatic rings. The van der Waals surface area contributed by atoms with Crippen LogP contribution in [-0.4, -0.2) is 154 Å². The van der Waals surface area contributed by atoms with Gasteiger partial charge in [-0.15, -0.1) is 0 Å². The van der Waals surface area contributed by atoms with Gasteiger partial charge in [0.15, 0.2) is 0 Å². The lowest BCUT2D eigenvalue weighted by atomic mass is 10.2. The number of aliphatic imine (C=N–C) groups is 1. The Hall–Kier alpha value is -5.60. The largest absolute Gasteiger partial charge is 0.381 e. The van der Waals surface area contributed by atoms with Crippen LogP contribution in [0.1, 0.15) is 32.1 Å². The van der Waals surface area contributed by atoms with Crippen molar-refractivity contribution in [2.45, 2.75) is 32.1 Å². The molecule has 6 aliphatic rings. The van der Waals surface area contributed by atoms with Gasteiger partial charge in [-0.05, 0) is 68.7 Å². The third-order valence-electron chi connectivity index (χ3n) is 7.69. The Morgan fingerprint density at radius 3 is 1.45 bits per heavy atom. The molecule has 0 amide bonds. The second kappa shape index (κ2) is 32.8. The SMILES string of the molecule is CN1C=CCC1.CN1C=CCC=C1.CN1C=CCCC1.CN1C=NCC1.CN1CCC=N1.CN1CCN=N1.Cn1cccc1.Cn1cccn1.Cn1ccnc1. The summed E-state index contributed by atoms with van der Waals surface area (Å²) in [4.78, 5) is 16.2. The highest BCUT2D eigenvalue weighted by Gasteiger charge is 1.97. The van der Waals surface area contributed by atoms with Crippen molar-refractivity contribution in [1.29, 1.82) is 0 Å². The monoisotopic (exact) mass is 774 g/mol. The van der Waals surface area contributed by atoms with E-state index in [-0.39, 0.29) is 0 Å². The van der Waals surface area contributed by atoms with Gasteiger partial charge in [0, 0.05) is 139 Å². The zero-order chi connectivity index (χ0) is 41.1. The molecule has 0 N–H and O–H groups in total. The maximum atomic E-state index is 3.97. The summed E-state index contributed by atoms with van der Waals surface area (Å²) in [5, 5.41) is 18.9. The highest BCUT2D eigenvalue weighted by molar-refractivity contribution is 5.58. The number of hydrogen-bond acceptors (Lipinski definition) is 12. The van der Waals surface area contributed by atoms with Crippen LogP contribution in [0, 0.1) is 0 Å². The van der Waals surface area contributed by atoms with Crippen LogP contribution in [0.4, 0.5) is 0 Å². The van der Waals surface area contributed by atoms with Crippen LogP contribution in [0.5, 0.6) is 0 Å².